The monoisotopic (exact) mass is 372 g/mol. The van der Waals surface area contributed by atoms with Crippen LogP contribution in [-0.2, 0) is 33.7 Å². The molecular weight excluding hydrogens is 361 g/mol. The van der Waals surface area contributed by atoms with Crippen molar-refractivity contribution in [3.63, 3.8) is 0 Å². The molecule has 0 aliphatic rings. The first-order chi connectivity index (χ1) is 8.85. The van der Waals surface area contributed by atoms with Crippen molar-refractivity contribution in [2.24, 2.45) is 0 Å². The third-order valence-corrected chi connectivity index (χ3v) is 2.00. The number of carbonyl (C=O) groups is 4. The van der Waals surface area contributed by atoms with Gasteiger partial charge in [-0.2, -0.15) is 8.42 Å². The molecule has 0 aromatic carbocycles. The van der Waals surface area contributed by atoms with Crippen molar-refractivity contribution in [3.8, 4) is 0 Å². The number of ether oxygens (including phenoxy) is 1. The van der Waals surface area contributed by atoms with Crippen LogP contribution in [0, 0.1) is 0 Å². The molecule has 16 heteroatoms. The fraction of sp³-hybridized carbons (Fsp3) is 0.429. The molecule has 0 saturated carbocycles. The van der Waals surface area contributed by atoms with Crippen LogP contribution in [-0.4, -0.2) is 136 Å². The fourth-order valence-electron chi connectivity index (χ4n) is 0.935. The second-order valence-electron chi connectivity index (χ2n) is 3.32. The van der Waals surface area contributed by atoms with Crippen molar-refractivity contribution < 1.29 is 56.4 Å². The van der Waals surface area contributed by atoms with Gasteiger partial charge in [0.25, 0.3) is 0 Å². The van der Waals surface area contributed by atoms with E-state index in [1.54, 1.807) is 0 Å². The van der Waals surface area contributed by atoms with E-state index in [0.29, 0.717) is 0 Å². The molecule has 0 bridgehead atoms. The molecule has 0 aliphatic heterocycles. The molecule has 1 atom stereocenters. The zero-order valence-electron chi connectivity index (χ0n) is 9.38. The van der Waals surface area contributed by atoms with Gasteiger partial charge >= 0.3 is 112 Å². The van der Waals surface area contributed by atoms with Gasteiger partial charge in [-0.25, -0.2) is 9.59 Å². The second kappa shape index (κ2) is 12.7. The summed E-state index contributed by atoms with van der Waals surface area (Å²) in [7, 11) is -5.25. The molecule has 4 N–H and O–H groups in total. The molecule has 0 spiro atoms. The number of rotatable bonds is 6. The fourth-order valence-corrected chi connectivity index (χ4v) is 1.14. The predicted octanol–water partition coefficient (Wildman–Crippen LogP) is -3.80. The van der Waals surface area contributed by atoms with E-state index >= 15 is 0 Å². The summed E-state index contributed by atoms with van der Waals surface area (Å²) in [6.45, 7) is 0. The molecule has 0 amide bonds. The molecular formula is C7H11LiNa2O12S. The van der Waals surface area contributed by atoms with Crippen molar-refractivity contribution in [3.05, 3.63) is 0 Å². The number of hydrogen-bond donors (Lipinski definition) is 4. The molecule has 0 aromatic rings. The van der Waals surface area contributed by atoms with Gasteiger partial charge in [-0.15, -0.1) is 0 Å². The van der Waals surface area contributed by atoms with Gasteiger partial charge in [0.05, 0.1) is 12.8 Å². The summed E-state index contributed by atoms with van der Waals surface area (Å²) in [5.74, 6) is -5.63. The van der Waals surface area contributed by atoms with Crippen LogP contribution in [0.5, 0.6) is 0 Å². The number of esters is 1. The zero-order valence-corrected chi connectivity index (χ0v) is 10.2. The Hall–Kier alpha value is 0.347. The standard InChI is InChI=1S/C7H8O12S.Li.2Na.3H/c8-3(9)1-7(14,5(11)12)2-4(10)18-6(13)19-20(15,16)17;;;;;;/h14H,1-2H2,(H,8,9)(H,11,12)(H,15,16,17);;;;;;. The summed E-state index contributed by atoms with van der Waals surface area (Å²) in [6, 6.07) is 0. The van der Waals surface area contributed by atoms with Gasteiger partial charge in [0.15, 0.2) is 5.60 Å². The van der Waals surface area contributed by atoms with E-state index in [2.05, 4.69) is 8.92 Å². The molecule has 0 radical (unpaired) electrons. The van der Waals surface area contributed by atoms with Crippen LogP contribution in [0.1, 0.15) is 12.8 Å². The average Bonchev–Trinajstić information content (AvgIpc) is 2.10. The van der Waals surface area contributed by atoms with E-state index in [1.165, 1.54) is 0 Å². The topological polar surface area (TPSA) is 202 Å². The van der Waals surface area contributed by atoms with E-state index in [9.17, 15) is 32.7 Å². The molecule has 0 heterocycles. The molecule has 0 aromatic heterocycles. The number of aliphatic hydroxyl groups is 1. The molecule has 0 saturated heterocycles. The van der Waals surface area contributed by atoms with Crippen molar-refractivity contribution in [2.45, 2.75) is 18.4 Å². The summed E-state index contributed by atoms with van der Waals surface area (Å²) in [6.07, 6.45) is -5.07. The molecule has 0 rings (SSSR count). The number of aliphatic carboxylic acids is 2. The van der Waals surface area contributed by atoms with E-state index in [0.717, 1.165) is 0 Å². The number of hydrogen-bond acceptors (Lipinski definition) is 9. The SMILES string of the molecule is O=C(O)CC(O)(CC(=O)OC(=O)OS(=O)(=O)O)C(=O)O.[LiH].[NaH].[NaH]. The van der Waals surface area contributed by atoms with Crippen molar-refractivity contribution in [1.82, 2.24) is 0 Å². The molecule has 0 fully saturated rings. The van der Waals surface area contributed by atoms with Crippen molar-refractivity contribution in [1.29, 1.82) is 0 Å². The summed E-state index contributed by atoms with van der Waals surface area (Å²) in [4.78, 5) is 42.6. The van der Waals surface area contributed by atoms with E-state index < -0.39 is 52.9 Å². The van der Waals surface area contributed by atoms with Crippen LogP contribution in [0.2, 0.25) is 0 Å². The Labute approximate surface area is 185 Å². The van der Waals surface area contributed by atoms with Crippen LogP contribution in [0.25, 0.3) is 0 Å². The summed E-state index contributed by atoms with van der Waals surface area (Å²) in [5.41, 5.74) is -3.07. The van der Waals surface area contributed by atoms with E-state index in [1.807, 2.05) is 0 Å². The first-order valence-corrected chi connectivity index (χ1v) is 5.81. The van der Waals surface area contributed by atoms with Crippen molar-refractivity contribution >= 4 is 112 Å². The summed E-state index contributed by atoms with van der Waals surface area (Å²) >= 11 is 0. The van der Waals surface area contributed by atoms with E-state index in [4.69, 9.17) is 14.8 Å². The Morgan fingerprint density at radius 2 is 1.43 bits per heavy atom. The van der Waals surface area contributed by atoms with Gasteiger partial charge in [-0.05, 0) is 0 Å². The van der Waals surface area contributed by atoms with Gasteiger partial charge in [0.2, 0.25) is 0 Å². The first-order valence-electron chi connectivity index (χ1n) is 4.45. The average molecular weight is 372 g/mol. The quantitative estimate of drug-likeness (QED) is 0.153. The van der Waals surface area contributed by atoms with Gasteiger partial charge in [0.1, 0.15) is 0 Å². The Morgan fingerprint density at radius 3 is 1.74 bits per heavy atom. The molecule has 23 heavy (non-hydrogen) atoms. The Kier molecular flexibility index (Phi) is 17.2. The van der Waals surface area contributed by atoms with E-state index in [-0.39, 0.29) is 78.0 Å². The number of carbonyl (C=O) groups excluding carboxylic acids is 2. The minimum atomic E-state index is -5.25. The van der Waals surface area contributed by atoms with Crippen molar-refractivity contribution in [2.75, 3.05) is 0 Å². The van der Waals surface area contributed by atoms with Crippen LogP contribution >= 0.6 is 0 Å². The third kappa shape index (κ3) is 14.4. The van der Waals surface area contributed by atoms with Gasteiger partial charge in [0, 0.05) is 0 Å². The van der Waals surface area contributed by atoms with Gasteiger partial charge in [-0.1, -0.05) is 0 Å². The van der Waals surface area contributed by atoms with Crippen LogP contribution in [0.3, 0.4) is 0 Å². The Bertz CT molecular complexity index is 548. The maximum absolute atomic E-state index is 11.0. The van der Waals surface area contributed by atoms with Crippen LogP contribution < -0.4 is 0 Å². The summed E-state index contributed by atoms with van der Waals surface area (Å²) in [5, 5.41) is 26.3. The Morgan fingerprint density at radius 1 is 1.00 bits per heavy atom. The molecule has 0 aliphatic carbocycles. The van der Waals surface area contributed by atoms with Gasteiger partial charge in [-0.3, -0.25) is 18.3 Å². The molecule has 1 unspecified atom stereocenters. The van der Waals surface area contributed by atoms with Crippen LogP contribution in [0.4, 0.5) is 4.79 Å². The maximum atomic E-state index is 11.0. The molecule has 12 nitrogen and oxygen atoms in total. The first kappa shape index (κ1) is 31.1. The Balaban J connectivity index is -0.000000602. The third-order valence-electron chi connectivity index (χ3n) is 1.65. The predicted molar refractivity (Wildman–Crippen MR) is 75.0 cm³/mol. The van der Waals surface area contributed by atoms with Gasteiger partial charge < -0.3 is 20.1 Å². The van der Waals surface area contributed by atoms with Crippen LogP contribution in [0.15, 0.2) is 0 Å². The normalized spacial score (nSPS) is 12.1. The minimum absolute atomic E-state index is 0. The number of carboxylic acid groups (broad SMARTS) is 2. The molecule has 120 valence electrons. The number of carboxylic acids is 2. The zero-order chi connectivity index (χ0) is 16.1. The second-order valence-corrected chi connectivity index (χ2v) is 4.34. The summed E-state index contributed by atoms with van der Waals surface area (Å²) < 4.78 is 34.9.